The van der Waals surface area contributed by atoms with Crippen LogP contribution in [0, 0.1) is 5.41 Å². The van der Waals surface area contributed by atoms with Gasteiger partial charge in [0.1, 0.15) is 6.10 Å². The lowest BCUT2D eigenvalue weighted by Crippen LogP contribution is -2.55. The Bertz CT molecular complexity index is 702. The second-order valence-electron chi connectivity index (χ2n) is 8.09. The van der Waals surface area contributed by atoms with Crippen LogP contribution in [-0.4, -0.2) is 38.4 Å². The molecule has 143 valence electrons. The minimum Gasteiger partial charge on any atom is -0.459 e. The van der Waals surface area contributed by atoms with Crippen molar-refractivity contribution in [3.05, 3.63) is 60.7 Å². The minimum atomic E-state index is -1.54. The number of rotatable bonds is 5. The van der Waals surface area contributed by atoms with E-state index in [9.17, 15) is 9.90 Å². The Kier molecular flexibility index (Phi) is 6.14. The molecule has 0 aliphatic carbocycles. The fourth-order valence-electron chi connectivity index (χ4n) is 3.41. The standard InChI is InChI=1S/C22H27O4Si/c1-22(2,3)21(19-14-16(23)15-20(24)25-19)26-27(17-10-6-4-7-11-17)18-12-8-5-9-13-18/h4-13,16,19,21,23H,14-15H2,1-3H3. The molecule has 2 aromatic carbocycles. The molecule has 3 unspecified atom stereocenters. The molecule has 0 saturated carbocycles. The quantitative estimate of drug-likeness (QED) is 0.636. The first-order valence-electron chi connectivity index (χ1n) is 9.36. The molecule has 4 nitrogen and oxygen atoms in total. The van der Waals surface area contributed by atoms with Crippen molar-refractivity contribution >= 4 is 25.4 Å². The number of cyclic esters (lactones) is 1. The first-order valence-corrected chi connectivity index (χ1v) is 10.8. The van der Waals surface area contributed by atoms with Crippen LogP contribution in [0.3, 0.4) is 0 Å². The Hall–Kier alpha value is -1.95. The molecule has 27 heavy (non-hydrogen) atoms. The van der Waals surface area contributed by atoms with Crippen LogP contribution in [0.2, 0.25) is 0 Å². The fraction of sp³-hybridized carbons (Fsp3) is 0.409. The number of carbonyl (C=O) groups excluding carboxylic acids is 1. The maximum absolute atomic E-state index is 11.9. The predicted octanol–water partition coefficient (Wildman–Crippen LogP) is 2.29. The highest BCUT2D eigenvalue weighted by Gasteiger charge is 2.42. The van der Waals surface area contributed by atoms with Gasteiger partial charge in [0, 0.05) is 6.42 Å². The summed E-state index contributed by atoms with van der Waals surface area (Å²) in [5, 5.41) is 12.4. The van der Waals surface area contributed by atoms with E-state index in [1.165, 1.54) is 0 Å². The van der Waals surface area contributed by atoms with Gasteiger partial charge in [-0.05, 0) is 15.8 Å². The zero-order valence-electron chi connectivity index (χ0n) is 16.1. The van der Waals surface area contributed by atoms with Crippen molar-refractivity contribution in [1.82, 2.24) is 0 Å². The number of aliphatic hydroxyl groups excluding tert-OH is 1. The van der Waals surface area contributed by atoms with E-state index >= 15 is 0 Å². The molecule has 5 heteroatoms. The predicted molar refractivity (Wildman–Crippen MR) is 107 cm³/mol. The molecule has 1 fully saturated rings. The Labute approximate surface area is 162 Å². The summed E-state index contributed by atoms with van der Waals surface area (Å²) in [4.78, 5) is 11.9. The second-order valence-corrected chi connectivity index (χ2v) is 10.1. The topological polar surface area (TPSA) is 55.8 Å². The molecule has 1 saturated heterocycles. The van der Waals surface area contributed by atoms with Crippen molar-refractivity contribution in [3.8, 4) is 0 Å². The van der Waals surface area contributed by atoms with Crippen LogP contribution in [0.15, 0.2) is 60.7 Å². The summed E-state index contributed by atoms with van der Waals surface area (Å²) in [6.45, 7) is 6.26. The summed E-state index contributed by atoms with van der Waals surface area (Å²) in [6.07, 6.45) is -0.970. The Balaban J connectivity index is 1.94. The molecule has 1 radical (unpaired) electrons. The average molecular weight is 384 g/mol. The molecule has 1 aliphatic heterocycles. The van der Waals surface area contributed by atoms with Crippen LogP contribution < -0.4 is 10.4 Å². The summed E-state index contributed by atoms with van der Waals surface area (Å²) >= 11 is 0. The van der Waals surface area contributed by atoms with E-state index in [1.54, 1.807) is 0 Å². The molecule has 1 N–H and O–H groups in total. The van der Waals surface area contributed by atoms with E-state index in [1.807, 2.05) is 36.4 Å². The van der Waals surface area contributed by atoms with Crippen LogP contribution in [0.4, 0.5) is 0 Å². The smallest absolute Gasteiger partial charge is 0.308 e. The van der Waals surface area contributed by atoms with Gasteiger partial charge in [-0.25, -0.2) is 0 Å². The van der Waals surface area contributed by atoms with Gasteiger partial charge < -0.3 is 14.3 Å². The van der Waals surface area contributed by atoms with Crippen LogP contribution in [0.5, 0.6) is 0 Å². The molecule has 1 aliphatic rings. The number of ether oxygens (including phenoxy) is 1. The van der Waals surface area contributed by atoms with Gasteiger partial charge in [-0.1, -0.05) is 81.4 Å². The largest absolute Gasteiger partial charge is 0.459 e. The van der Waals surface area contributed by atoms with Crippen molar-refractivity contribution in [2.24, 2.45) is 5.41 Å². The van der Waals surface area contributed by atoms with E-state index in [-0.39, 0.29) is 23.9 Å². The van der Waals surface area contributed by atoms with Crippen molar-refractivity contribution in [1.29, 1.82) is 0 Å². The first kappa shape index (κ1) is 19.8. The van der Waals surface area contributed by atoms with Gasteiger partial charge in [-0.15, -0.1) is 0 Å². The van der Waals surface area contributed by atoms with E-state index < -0.39 is 21.2 Å². The van der Waals surface area contributed by atoms with Gasteiger partial charge in [-0.3, -0.25) is 4.79 Å². The fourth-order valence-corrected chi connectivity index (χ4v) is 5.77. The number of carbonyl (C=O) groups is 1. The molecular weight excluding hydrogens is 356 g/mol. The number of aliphatic hydroxyl groups is 1. The second kappa shape index (κ2) is 8.38. The first-order chi connectivity index (χ1) is 12.8. The van der Waals surface area contributed by atoms with Crippen LogP contribution in [0.1, 0.15) is 33.6 Å². The highest BCUT2D eigenvalue weighted by Crippen LogP contribution is 2.31. The van der Waals surface area contributed by atoms with Gasteiger partial charge in [0.15, 0.2) is 0 Å². The van der Waals surface area contributed by atoms with Gasteiger partial charge in [0.25, 0.3) is 9.04 Å². The van der Waals surface area contributed by atoms with Crippen LogP contribution >= 0.6 is 0 Å². The van der Waals surface area contributed by atoms with E-state index in [2.05, 4.69) is 45.0 Å². The molecular formula is C22H27O4Si. The SMILES string of the molecule is CC(C)(C)C(O[Si](c1ccccc1)c1ccccc1)C1CC(O)CC(=O)O1. The zero-order chi connectivity index (χ0) is 19.4. The van der Waals surface area contributed by atoms with Crippen LogP contribution in [-0.2, 0) is 14.0 Å². The maximum Gasteiger partial charge on any atom is 0.308 e. The Morgan fingerprint density at radius 3 is 2.00 bits per heavy atom. The monoisotopic (exact) mass is 383 g/mol. The highest BCUT2D eigenvalue weighted by atomic mass is 28.3. The maximum atomic E-state index is 11.9. The Morgan fingerprint density at radius 2 is 1.56 bits per heavy atom. The van der Waals surface area contributed by atoms with Crippen LogP contribution in [0.25, 0.3) is 0 Å². The van der Waals surface area contributed by atoms with Gasteiger partial charge in [-0.2, -0.15) is 0 Å². The Morgan fingerprint density at radius 1 is 1.04 bits per heavy atom. The molecule has 0 spiro atoms. The lowest BCUT2D eigenvalue weighted by atomic mass is 9.83. The van der Waals surface area contributed by atoms with E-state index in [0.717, 1.165) is 10.4 Å². The average Bonchev–Trinajstić information content (AvgIpc) is 2.62. The highest BCUT2D eigenvalue weighted by molar-refractivity contribution is 6.80. The van der Waals surface area contributed by atoms with Crippen molar-refractivity contribution in [2.45, 2.75) is 51.9 Å². The zero-order valence-corrected chi connectivity index (χ0v) is 17.1. The number of hydrogen-bond donors (Lipinski definition) is 1. The molecule has 0 amide bonds. The lowest BCUT2D eigenvalue weighted by molar-refractivity contribution is -0.172. The summed E-state index contributed by atoms with van der Waals surface area (Å²) in [7, 11) is -1.54. The summed E-state index contributed by atoms with van der Waals surface area (Å²) in [5.74, 6) is -0.357. The normalized spacial score (nSPS) is 21.7. The van der Waals surface area contributed by atoms with Crippen molar-refractivity contribution in [3.63, 3.8) is 0 Å². The minimum absolute atomic E-state index is 0.0581. The molecule has 2 aromatic rings. The lowest BCUT2D eigenvalue weighted by Gasteiger charge is -2.41. The van der Waals surface area contributed by atoms with E-state index in [0.29, 0.717) is 6.42 Å². The van der Waals surface area contributed by atoms with E-state index in [4.69, 9.17) is 9.16 Å². The third-order valence-electron chi connectivity index (χ3n) is 4.70. The third-order valence-corrected chi connectivity index (χ3v) is 6.90. The summed E-state index contributed by atoms with van der Waals surface area (Å²) in [6, 6.07) is 20.4. The molecule has 0 bridgehead atoms. The van der Waals surface area contributed by atoms with Crippen molar-refractivity contribution < 1.29 is 19.1 Å². The summed E-state index contributed by atoms with van der Waals surface area (Å²) < 4.78 is 12.3. The van der Waals surface area contributed by atoms with Gasteiger partial charge in [0.2, 0.25) is 0 Å². The molecule has 0 aromatic heterocycles. The molecule has 3 rings (SSSR count). The number of esters is 1. The van der Waals surface area contributed by atoms with Gasteiger partial charge >= 0.3 is 5.97 Å². The summed E-state index contributed by atoms with van der Waals surface area (Å²) in [5.41, 5.74) is -0.249. The third kappa shape index (κ3) is 5.06. The van der Waals surface area contributed by atoms with Gasteiger partial charge in [0.05, 0.1) is 18.6 Å². The van der Waals surface area contributed by atoms with Crippen molar-refractivity contribution in [2.75, 3.05) is 0 Å². The number of hydrogen-bond acceptors (Lipinski definition) is 4. The molecule has 3 atom stereocenters. The number of benzene rings is 2. The molecule has 1 heterocycles.